The molecule has 0 aliphatic rings. The lowest BCUT2D eigenvalue weighted by Gasteiger charge is -2.19. The second-order valence-electron chi connectivity index (χ2n) is 6.18. The normalized spacial score (nSPS) is 13.9. The molecule has 0 aliphatic carbocycles. The smallest absolute Gasteiger partial charge is 0.397 e. The van der Waals surface area contributed by atoms with E-state index in [-0.39, 0.29) is 24.3 Å². The van der Waals surface area contributed by atoms with Gasteiger partial charge in [0, 0.05) is 16.8 Å². The summed E-state index contributed by atoms with van der Waals surface area (Å²) in [6, 6.07) is 3.72. The van der Waals surface area contributed by atoms with Crippen LogP contribution in [0, 0.1) is 0 Å². The number of carboxylic acid groups (broad SMARTS) is 1. The van der Waals surface area contributed by atoms with Crippen molar-refractivity contribution in [2.75, 3.05) is 11.5 Å². The molecule has 1 aromatic heterocycles. The molecule has 0 saturated heterocycles. The van der Waals surface area contributed by atoms with E-state index in [1.807, 2.05) is 0 Å². The number of nitrogens with two attached hydrogens (primary N) is 1. The summed E-state index contributed by atoms with van der Waals surface area (Å²) in [5.74, 6) is -2.36. The van der Waals surface area contributed by atoms with Crippen LogP contribution in [0.25, 0.3) is 11.3 Å². The highest BCUT2D eigenvalue weighted by Gasteiger charge is 2.41. The first kappa shape index (κ1) is 23.7. The standard InChI is InChI=1S/C18H18Cl2F3N3O2S/c19-10-1-2-11(13(20)7-10)15-8-26-16(9-25-15)12(18(21,22)23)3-5-29-6-4-14(24)17(27)28/h1-2,7-9,12,14H,3-6,24H2,(H,27,28). The second-order valence-corrected chi connectivity index (χ2v) is 8.25. The molecule has 29 heavy (non-hydrogen) atoms. The number of nitrogens with zero attached hydrogens (tertiary/aromatic N) is 2. The quantitative estimate of drug-likeness (QED) is 0.503. The summed E-state index contributed by atoms with van der Waals surface area (Å²) in [6.45, 7) is 0. The molecular formula is C18H18Cl2F3N3O2S. The summed E-state index contributed by atoms with van der Waals surface area (Å²) in [6.07, 6.45) is -2.14. The van der Waals surface area contributed by atoms with E-state index >= 15 is 0 Å². The number of rotatable bonds is 9. The van der Waals surface area contributed by atoms with E-state index in [0.29, 0.717) is 27.1 Å². The minimum Gasteiger partial charge on any atom is -0.480 e. The van der Waals surface area contributed by atoms with Gasteiger partial charge in [-0.15, -0.1) is 0 Å². The lowest BCUT2D eigenvalue weighted by molar-refractivity contribution is -0.151. The molecule has 0 aliphatic heterocycles. The molecule has 2 unspecified atom stereocenters. The third-order valence-electron chi connectivity index (χ3n) is 4.07. The van der Waals surface area contributed by atoms with Crippen LogP contribution in [0.15, 0.2) is 30.6 Å². The third kappa shape index (κ3) is 7.02. The molecule has 5 nitrogen and oxygen atoms in total. The van der Waals surface area contributed by atoms with Crippen LogP contribution in [0.3, 0.4) is 0 Å². The Bertz CT molecular complexity index is 838. The van der Waals surface area contributed by atoms with Gasteiger partial charge < -0.3 is 10.8 Å². The zero-order valence-electron chi connectivity index (χ0n) is 15.0. The van der Waals surface area contributed by atoms with Gasteiger partial charge in [-0.3, -0.25) is 14.8 Å². The average molecular weight is 468 g/mol. The Morgan fingerprint density at radius 2 is 1.86 bits per heavy atom. The van der Waals surface area contributed by atoms with E-state index in [4.69, 9.17) is 34.0 Å². The molecule has 0 saturated carbocycles. The van der Waals surface area contributed by atoms with E-state index in [2.05, 4.69) is 9.97 Å². The Balaban J connectivity index is 2.04. The molecule has 1 heterocycles. The Morgan fingerprint density at radius 1 is 1.17 bits per heavy atom. The van der Waals surface area contributed by atoms with Crippen LogP contribution in [-0.4, -0.2) is 44.8 Å². The van der Waals surface area contributed by atoms with E-state index in [9.17, 15) is 18.0 Å². The van der Waals surface area contributed by atoms with Crippen molar-refractivity contribution in [2.45, 2.75) is 31.0 Å². The number of hydrogen-bond donors (Lipinski definition) is 2. The largest absolute Gasteiger partial charge is 0.480 e. The number of aliphatic carboxylic acids is 1. The van der Waals surface area contributed by atoms with Gasteiger partial charge in [-0.1, -0.05) is 23.2 Å². The minimum absolute atomic E-state index is 0.183. The molecule has 0 amide bonds. The van der Waals surface area contributed by atoms with Crippen molar-refractivity contribution in [3.8, 4) is 11.3 Å². The lowest BCUT2D eigenvalue weighted by atomic mass is 10.0. The van der Waals surface area contributed by atoms with Gasteiger partial charge in [0.05, 0.1) is 28.5 Å². The Morgan fingerprint density at radius 3 is 2.41 bits per heavy atom. The number of alkyl halides is 3. The summed E-state index contributed by atoms with van der Waals surface area (Å²) < 4.78 is 40.4. The van der Waals surface area contributed by atoms with Gasteiger partial charge in [0.25, 0.3) is 0 Å². The van der Waals surface area contributed by atoms with Crippen LogP contribution in [-0.2, 0) is 4.79 Å². The fourth-order valence-corrected chi connectivity index (χ4v) is 4.00. The van der Waals surface area contributed by atoms with E-state index in [1.165, 1.54) is 24.0 Å². The predicted molar refractivity (Wildman–Crippen MR) is 108 cm³/mol. The van der Waals surface area contributed by atoms with Crippen LogP contribution in [0.5, 0.6) is 0 Å². The monoisotopic (exact) mass is 467 g/mol. The van der Waals surface area contributed by atoms with Crippen LogP contribution in [0.2, 0.25) is 10.0 Å². The SMILES string of the molecule is NC(CCSCCC(c1cnc(-c2ccc(Cl)cc2Cl)cn1)C(F)(F)F)C(=O)O. The van der Waals surface area contributed by atoms with Crippen molar-refractivity contribution in [3.05, 3.63) is 46.3 Å². The molecular weight excluding hydrogens is 450 g/mol. The molecule has 2 aromatic rings. The number of carbonyl (C=O) groups is 1. The predicted octanol–water partition coefficient (Wildman–Crippen LogP) is 5.02. The van der Waals surface area contributed by atoms with Gasteiger partial charge in [0.2, 0.25) is 0 Å². The van der Waals surface area contributed by atoms with Crippen LogP contribution in [0.1, 0.15) is 24.5 Å². The van der Waals surface area contributed by atoms with E-state index in [1.54, 1.807) is 12.1 Å². The van der Waals surface area contributed by atoms with Crippen LogP contribution in [0.4, 0.5) is 13.2 Å². The van der Waals surface area contributed by atoms with Gasteiger partial charge in [0.15, 0.2) is 0 Å². The van der Waals surface area contributed by atoms with Crippen molar-refractivity contribution < 1.29 is 23.1 Å². The Labute approximate surface area is 179 Å². The van der Waals surface area contributed by atoms with Crippen molar-refractivity contribution in [1.29, 1.82) is 0 Å². The number of aromatic nitrogens is 2. The molecule has 0 bridgehead atoms. The van der Waals surface area contributed by atoms with Gasteiger partial charge in [0.1, 0.15) is 6.04 Å². The topological polar surface area (TPSA) is 89.1 Å². The maximum atomic E-state index is 13.5. The minimum atomic E-state index is -4.48. The number of carboxylic acids is 1. The third-order valence-corrected chi connectivity index (χ3v) is 5.67. The highest BCUT2D eigenvalue weighted by Crippen LogP contribution is 2.38. The molecule has 11 heteroatoms. The van der Waals surface area contributed by atoms with Gasteiger partial charge in [-0.2, -0.15) is 24.9 Å². The molecule has 158 valence electrons. The fourth-order valence-electron chi connectivity index (χ4n) is 2.47. The first-order chi connectivity index (χ1) is 13.6. The molecule has 2 atom stereocenters. The van der Waals surface area contributed by atoms with Gasteiger partial charge in [-0.25, -0.2) is 0 Å². The average Bonchev–Trinajstić information content (AvgIpc) is 2.63. The van der Waals surface area contributed by atoms with Crippen molar-refractivity contribution in [1.82, 2.24) is 9.97 Å². The zero-order chi connectivity index (χ0) is 21.6. The Hall–Kier alpha value is -1.55. The molecule has 3 N–H and O–H groups in total. The van der Waals surface area contributed by atoms with Gasteiger partial charge >= 0.3 is 12.1 Å². The number of halogens is 5. The maximum absolute atomic E-state index is 13.5. The highest BCUT2D eigenvalue weighted by molar-refractivity contribution is 7.99. The number of benzene rings is 1. The number of hydrogen-bond acceptors (Lipinski definition) is 5. The highest BCUT2D eigenvalue weighted by atomic mass is 35.5. The number of thioether (sulfide) groups is 1. The fraction of sp³-hybridized carbons (Fsp3) is 0.389. The van der Waals surface area contributed by atoms with Crippen molar-refractivity contribution in [2.24, 2.45) is 5.73 Å². The lowest BCUT2D eigenvalue weighted by Crippen LogP contribution is -2.30. The summed E-state index contributed by atoms with van der Waals surface area (Å²) in [5, 5.41) is 9.46. The van der Waals surface area contributed by atoms with Crippen LogP contribution >= 0.6 is 35.0 Å². The van der Waals surface area contributed by atoms with Crippen molar-refractivity contribution >= 4 is 40.9 Å². The molecule has 0 spiro atoms. The summed E-state index contributed by atoms with van der Waals surface area (Å²) in [5.41, 5.74) is 6.04. The molecule has 1 aromatic carbocycles. The van der Waals surface area contributed by atoms with Gasteiger partial charge in [-0.05, 0) is 42.5 Å². The zero-order valence-corrected chi connectivity index (χ0v) is 17.3. The van der Waals surface area contributed by atoms with E-state index < -0.39 is 24.1 Å². The van der Waals surface area contributed by atoms with Crippen LogP contribution < -0.4 is 5.73 Å². The second kappa shape index (κ2) is 10.5. The summed E-state index contributed by atoms with van der Waals surface area (Å²) in [4.78, 5) is 18.7. The Kier molecular flexibility index (Phi) is 8.57. The summed E-state index contributed by atoms with van der Waals surface area (Å²) in [7, 11) is 0. The van der Waals surface area contributed by atoms with E-state index in [0.717, 1.165) is 6.20 Å². The molecule has 0 radical (unpaired) electrons. The molecule has 0 fully saturated rings. The maximum Gasteiger partial charge on any atom is 0.397 e. The van der Waals surface area contributed by atoms with Crippen molar-refractivity contribution in [3.63, 3.8) is 0 Å². The first-order valence-corrected chi connectivity index (χ1v) is 10.4. The first-order valence-electron chi connectivity index (χ1n) is 8.49. The summed E-state index contributed by atoms with van der Waals surface area (Å²) >= 11 is 13.2. The molecule has 2 rings (SSSR count).